The molecule has 1 aromatic heterocycles. The lowest BCUT2D eigenvalue weighted by atomic mass is 10.1. The molecule has 1 aliphatic rings. The number of anilines is 2. The van der Waals surface area contributed by atoms with E-state index in [1.54, 1.807) is 30.3 Å². The molecule has 1 aliphatic heterocycles. The third-order valence-electron chi connectivity index (χ3n) is 3.90. The van der Waals surface area contributed by atoms with E-state index >= 15 is 0 Å². The number of hydrogen-bond donors (Lipinski definition) is 3. The van der Waals surface area contributed by atoms with Crippen LogP contribution in [0.2, 0.25) is 0 Å². The number of para-hydroxylation sites is 1. The Morgan fingerprint density at radius 2 is 2.09 bits per heavy atom. The largest absolute Gasteiger partial charge is 0.358 e. The van der Waals surface area contributed by atoms with Crippen LogP contribution in [0, 0.1) is 5.82 Å². The number of amides is 2. The van der Waals surface area contributed by atoms with E-state index in [1.807, 2.05) is 0 Å². The van der Waals surface area contributed by atoms with E-state index in [-0.39, 0.29) is 11.8 Å². The highest BCUT2D eigenvalue weighted by atomic mass is 19.1. The molecule has 5 nitrogen and oxygen atoms in total. The van der Waals surface area contributed by atoms with Crippen LogP contribution >= 0.6 is 0 Å². The second-order valence-corrected chi connectivity index (χ2v) is 5.42. The highest BCUT2D eigenvalue weighted by Crippen LogP contribution is 2.27. The van der Waals surface area contributed by atoms with Crippen LogP contribution in [0.5, 0.6) is 0 Å². The van der Waals surface area contributed by atoms with E-state index in [9.17, 15) is 14.0 Å². The first-order chi connectivity index (χ1) is 11.1. The lowest BCUT2D eigenvalue weighted by molar-refractivity contribution is -0.115. The minimum absolute atomic E-state index is 0.0596. The van der Waals surface area contributed by atoms with Crippen LogP contribution in [0.3, 0.4) is 0 Å². The predicted octanol–water partition coefficient (Wildman–Crippen LogP) is 3.05. The van der Waals surface area contributed by atoms with Gasteiger partial charge in [-0.25, -0.2) is 4.39 Å². The number of aromatic nitrogens is 1. The molecule has 0 saturated carbocycles. The fourth-order valence-electron chi connectivity index (χ4n) is 2.80. The molecule has 2 heterocycles. The number of carbonyl (C=O) groups excluding carboxylic acids is 2. The van der Waals surface area contributed by atoms with Gasteiger partial charge in [0.1, 0.15) is 5.82 Å². The predicted molar refractivity (Wildman–Crippen MR) is 85.0 cm³/mol. The van der Waals surface area contributed by atoms with E-state index in [2.05, 4.69) is 15.6 Å². The third-order valence-corrected chi connectivity index (χ3v) is 3.90. The summed E-state index contributed by atoms with van der Waals surface area (Å²) in [6, 6.07) is 9.85. The second kappa shape index (κ2) is 4.95. The van der Waals surface area contributed by atoms with Crippen molar-refractivity contribution in [1.82, 2.24) is 4.98 Å². The molecule has 0 radical (unpaired) electrons. The Balaban J connectivity index is 1.64. The Labute approximate surface area is 130 Å². The highest BCUT2D eigenvalue weighted by Gasteiger charge is 2.19. The Morgan fingerprint density at radius 3 is 2.96 bits per heavy atom. The number of hydrogen-bond acceptors (Lipinski definition) is 2. The Bertz CT molecular complexity index is 962. The summed E-state index contributed by atoms with van der Waals surface area (Å²) < 4.78 is 13.7. The van der Waals surface area contributed by atoms with Crippen LogP contribution in [0.1, 0.15) is 15.9 Å². The van der Waals surface area contributed by atoms with Crippen molar-refractivity contribution >= 4 is 34.1 Å². The fourth-order valence-corrected chi connectivity index (χ4v) is 2.80. The molecule has 0 fully saturated rings. The average molecular weight is 309 g/mol. The number of carbonyl (C=O) groups is 2. The smallest absolute Gasteiger partial charge is 0.257 e. The van der Waals surface area contributed by atoms with Crippen molar-refractivity contribution in [3.8, 4) is 0 Å². The zero-order chi connectivity index (χ0) is 16.0. The first kappa shape index (κ1) is 13.5. The molecular formula is C17H12FN3O2. The zero-order valence-corrected chi connectivity index (χ0v) is 11.9. The van der Waals surface area contributed by atoms with Crippen molar-refractivity contribution in [2.45, 2.75) is 6.42 Å². The van der Waals surface area contributed by atoms with Crippen molar-refractivity contribution in [1.29, 1.82) is 0 Å². The van der Waals surface area contributed by atoms with Crippen molar-refractivity contribution in [3.63, 3.8) is 0 Å². The summed E-state index contributed by atoms with van der Waals surface area (Å²) in [6.07, 6.45) is 1.84. The van der Waals surface area contributed by atoms with Gasteiger partial charge in [-0.2, -0.15) is 0 Å². The molecule has 23 heavy (non-hydrogen) atoms. The molecule has 2 aromatic carbocycles. The van der Waals surface area contributed by atoms with Gasteiger partial charge in [0.05, 0.1) is 17.5 Å². The normalized spacial score (nSPS) is 13.0. The summed E-state index contributed by atoms with van der Waals surface area (Å²) in [5, 5.41) is 6.03. The van der Waals surface area contributed by atoms with E-state index in [0.29, 0.717) is 34.3 Å². The Morgan fingerprint density at radius 1 is 1.22 bits per heavy atom. The van der Waals surface area contributed by atoms with Gasteiger partial charge in [0.25, 0.3) is 5.91 Å². The Hall–Kier alpha value is -3.15. The summed E-state index contributed by atoms with van der Waals surface area (Å²) in [4.78, 5) is 26.6. The van der Waals surface area contributed by atoms with Gasteiger partial charge in [0, 0.05) is 23.0 Å². The monoisotopic (exact) mass is 309 g/mol. The van der Waals surface area contributed by atoms with Gasteiger partial charge in [-0.15, -0.1) is 0 Å². The highest BCUT2D eigenvalue weighted by molar-refractivity contribution is 6.13. The maximum atomic E-state index is 13.7. The lowest BCUT2D eigenvalue weighted by Crippen LogP contribution is -2.11. The molecule has 2 amide bonds. The van der Waals surface area contributed by atoms with Gasteiger partial charge >= 0.3 is 0 Å². The van der Waals surface area contributed by atoms with Crippen molar-refractivity contribution in [3.05, 3.63) is 59.5 Å². The summed E-state index contributed by atoms with van der Waals surface area (Å²) in [6.45, 7) is 0. The number of H-pyrrole nitrogens is 1. The number of rotatable bonds is 2. The van der Waals surface area contributed by atoms with Crippen molar-refractivity contribution in [2.24, 2.45) is 0 Å². The summed E-state index contributed by atoms with van der Waals surface area (Å²) in [5.74, 6) is -0.802. The van der Waals surface area contributed by atoms with Crippen LogP contribution in [0.25, 0.3) is 10.9 Å². The molecule has 0 bridgehead atoms. The van der Waals surface area contributed by atoms with Crippen LogP contribution in [0.4, 0.5) is 15.8 Å². The van der Waals surface area contributed by atoms with Gasteiger partial charge in [-0.3, -0.25) is 9.59 Å². The number of halogens is 1. The summed E-state index contributed by atoms with van der Waals surface area (Å²) in [5.41, 5.74) is 2.85. The first-order valence-corrected chi connectivity index (χ1v) is 7.11. The van der Waals surface area contributed by atoms with E-state index < -0.39 is 5.82 Å². The number of fused-ring (bicyclic) bond motifs is 2. The quantitative estimate of drug-likeness (QED) is 0.680. The van der Waals surface area contributed by atoms with Crippen LogP contribution in [0.15, 0.2) is 42.6 Å². The third kappa shape index (κ3) is 2.24. The minimum atomic E-state index is -0.401. The molecule has 3 N–H and O–H groups in total. The number of benzene rings is 2. The van der Waals surface area contributed by atoms with E-state index in [4.69, 9.17) is 0 Å². The fraction of sp³-hybridized carbons (Fsp3) is 0.0588. The van der Waals surface area contributed by atoms with Gasteiger partial charge in [-0.1, -0.05) is 18.2 Å². The van der Waals surface area contributed by atoms with Gasteiger partial charge < -0.3 is 15.6 Å². The van der Waals surface area contributed by atoms with E-state index in [0.717, 1.165) is 5.56 Å². The van der Waals surface area contributed by atoms with Gasteiger partial charge in [0.2, 0.25) is 5.91 Å². The molecule has 0 spiro atoms. The van der Waals surface area contributed by atoms with Crippen LogP contribution < -0.4 is 10.6 Å². The van der Waals surface area contributed by atoms with Crippen LogP contribution in [-0.2, 0) is 11.2 Å². The summed E-state index contributed by atoms with van der Waals surface area (Å²) in [7, 11) is 0. The minimum Gasteiger partial charge on any atom is -0.358 e. The summed E-state index contributed by atoms with van der Waals surface area (Å²) >= 11 is 0. The van der Waals surface area contributed by atoms with E-state index in [1.165, 1.54) is 12.3 Å². The topological polar surface area (TPSA) is 74.0 Å². The second-order valence-electron chi connectivity index (χ2n) is 5.42. The molecule has 0 aliphatic carbocycles. The molecule has 0 unspecified atom stereocenters. The van der Waals surface area contributed by atoms with Gasteiger partial charge in [-0.05, 0) is 23.8 Å². The Kier molecular flexibility index (Phi) is 2.90. The maximum Gasteiger partial charge on any atom is 0.257 e. The maximum absolute atomic E-state index is 13.7. The molecule has 0 saturated heterocycles. The zero-order valence-electron chi connectivity index (χ0n) is 11.9. The molecule has 6 heteroatoms. The number of aromatic amines is 1. The van der Waals surface area contributed by atoms with Crippen LogP contribution in [-0.4, -0.2) is 16.8 Å². The standard InChI is InChI=1S/C17H12FN3O2/c18-13-3-1-2-11-12(8-19-16(11)13)17(23)20-10-5-4-9-6-15(22)21-14(9)7-10/h1-5,7-8,19H,6H2,(H,20,23)(H,21,22). The molecule has 114 valence electrons. The SMILES string of the molecule is O=C1Cc2ccc(NC(=O)c3c[nH]c4c(F)cccc34)cc2N1. The number of nitrogens with one attached hydrogen (secondary N) is 3. The van der Waals surface area contributed by atoms with Crippen molar-refractivity contribution in [2.75, 3.05) is 10.6 Å². The molecular weight excluding hydrogens is 297 g/mol. The first-order valence-electron chi connectivity index (χ1n) is 7.11. The van der Waals surface area contributed by atoms with Gasteiger partial charge in [0.15, 0.2) is 0 Å². The lowest BCUT2D eigenvalue weighted by Gasteiger charge is -2.06. The molecule has 4 rings (SSSR count). The van der Waals surface area contributed by atoms with Crippen molar-refractivity contribution < 1.29 is 14.0 Å². The molecule has 0 atom stereocenters. The average Bonchev–Trinajstić information content (AvgIpc) is 3.10. The molecule has 3 aromatic rings.